The summed E-state index contributed by atoms with van der Waals surface area (Å²) in [6.07, 6.45) is 1.67. The molecule has 0 aliphatic heterocycles. The van der Waals surface area contributed by atoms with Crippen LogP contribution in [-0.4, -0.2) is 9.97 Å². The van der Waals surface area contributed by atoms with Crippen LogP contribution in [0.3, 0.4) is 0 Å². The summed E-state index contributed by atoms with van der Waals surface area (Å²) in [6.45, 7) is 0. The minimum Gasteiger partial charge on any atom is -0.357 e. The van der Waals surface area contributed by atoms with E-state index in [9.17, 15) is 9.18 Å². The highest BCUT2D eigenvalue weighted by atomic mass is 19.1. The number of H-pyrrole nitrogens is 2. The highest BCUT2D eigenvalue weighted by Crippen LogP contribution is 2.20. The van der Waals surface area contributed by atoms with Crippen LogP contribution in [0.2, 0.25) is 0 Å². The number of benzene rings is 1. The Kier molecular flexibility index (Phi) is 1.48. The van der Waals surface area contributed by atoms with E-state index < -0.39 is 0 Å². The van der Waals surface area contributed by atoms with Crippen molar-refractivity contribution >= 4 is 21.8 Å². The van der Waals surface area contributed by atoms with Crippen molar-refractivity contribution in [3.8, 4) is 0 Å². The van der Waals surface area contributed by atoms with E-state index in [2.05, 4.69) is 9.97 Å². The molecule has 0 bridgehead atoms. The molecule has 15 heavy (non-hydrogen) atoms. The zero-order chi connectivity index (χ0) is 10.4. The van der Waals surface area contributed by atoms with Crippen molar-refractivity contribution in [2.75, 3.05) is 0 Å². The third-order valence-corrected chi connectivity index (χ3v) is 2.49. The van der Waals surface area contributed by atoms with Gasteiger partial charge in [-0.15, -0.1) is 0 Å². The molecule has 2 aromatic heterocycles. The third kappa shape index (κ3) is 1.08. The number of aromatic amines is 2. The van der Waals surface area contributed by atoms with Crippen LogP contribution in [0.1, 0.15) is 0 Å². The fourth-order valence-electron chi connectivity index (χ4n) is 1.81. The van der Waals surface area contributed by atoms with Crippen LogP contribution in [0.4, 0.5) is 4.39 Å². The molecule has 0 fully saturated rings. The first kappa shape index (κ1) is 8.23. The number of hydrogen-bond acceptors (Lipinski definition) is 1. The van der Waals surface area contributed by atoms with Gasteiger partial charge in [0.05, 0.1) is 0 Å². The normalized spacial score (nSPS) is 11.3. The quantitative estimate of drug-likeness (QED) is 0.576. The summed E-state index contributed by atoms with van der Waals surface area (Å²) >= 11 is 0. The Morgan fingerprint density at radius 2 is 2.00 bits per heavy atom. The molecule has 0 atom stereocenters. The zero-order valence-electron chi connectivity index (χ0n) is 7.67. The molecule has 0 saturated carbocycles. The second kappa shape index (κ2) is 2.70. The van der Waals surface area contributed by atoms with Gasteiger partial charge in [0.15, 0.2) is 0 Å². The van der Waals surface area contributed by atoms with Gasteiger partial charge < -0.3 is 9.97 Å². The first-order valence-electron chi connectivity index (χ1n) is 4.54. The molecule has 0 spiro atoms. The number of aromatic nitrogens is 2. The van der Waals surface area contributed by atoms with E-state index in [0.29, 0.717) is 16.4 Å². The number of pyridine rings is 1. The predicted molar refractivity (Wildman–Crippen MR) is 56.4 cm³/mol. The lowest BCUT2D eigenvalue weighted by atomic mass is 10.1. The maximum atomic E-state index is 13.1. The molecule has 0 amide bonds. The Balaban J connectivity index is 2.67. The number of nitrogens with one attached hydrogen (secondary N) is 2. The Bertz CT molecular complexity index is 711. The van der Waals surface area contributed by atoms with Crippen LogP contribution >= 0.6 is 0 Å². The lowest BCUT2D eigenvalue weighted by Gasteiger charge is -1.99. The molecule has 3 rings (SSSR count). The van der Waals surface area contributed by atoms with Gasteiger partial charge in [0.2, 0.25) is 0 Å². The van der Waals surface area contributed by atoms with Gasteiger partial charge in [-0.1, -0.05) is 0 Å². The number of rotatable bonds is 0. The van der Waals surface area contributed by atoms with Crippen molar-refractivity contribution in [1.29, 1.82) is 0 Å². The number of fused-ring (bicyclic) bond motifs is 3. The van der Waals surface area contributed by atoms with Crippen molar-refractivity contribution < 1.29 is 4.39 Å². The largest absolute Gasteiger partial charge is 0.357 e. The molecule has 3 aromatic rings. The van der Waals surface area contributed by atoms with Crippen molar-refractivity contribution in [3.05, 3.63) is 46.6 Å². The van der Waals surface area contributed by atoms with Crippen molar-refractivity contribution in [2.45, 2.75) is 0 Å². The summed E-state index contributed by atoms with van der Waals surface area (Å²) in [5.74, 6) is -0.308. The van der Waals surface area contributed by atoms with Gasteiger partial charge in [-0.3, -0.25) is 4.79 Å². The second-order valence-electron chi connectivity index (χ2n) is 3.41. The van der Waals surface area contributed by atoms with E-state index in [1.807, 2.05) is 0 Å². The van der Waals surface area contributed by atoms with Crippen molar-refractivity contribution in [1.82, 2.24) is 9.97 Å². The first-order valence-corrected chi connectivity index (χ1v) is 4.54. The van der Waals surface area contributed by atoms with Gasteiger partial charge in [-0.2, -0.15) is 0 Å². The number of hydrogen-bond donors (Lipinski definition) is 2. The van der Waals surface area contributed by atoms with Crippen LogP contribution in [0.15, 0.2) is 35.3 Å². The van der Waals surface area contributed by atoms with Crippen molar-refractivity contribution in [2.24, 2.45) is 0 Å². The van der Waals surface area contributed by atoms with Gasteiger partial charge in [-0.25, -0.2) is 4.39 Å². The van der Waals surface area contributed by atoms with Gasteiger partial charge in [0, 0.05) is 22.5 Å². The van der Waals surface area contributed by atoms with Crippen LogP contribution in [0, 0.1) is 5.82 Å². The molecule has 0 unspecified atom stereocenters. The second-order valence-corrected chi connectivity index (χ2v) is 3.41. The minimum atomic E-state index is -0.308. The smallest absolute Gasteiger partial charge is 0.272 e. The summed E-state index contributed by atoms with van der Waals surface area (Å²) in [6, 6.07) is 6.09. The molecular formula is C11H7FN2O. The van der Waals surface area contributed by atoms with Gasteiger partial charge in [-0.05, 0) is 24.3 Å². The Labute approximate surface area is 83.6 Å². The molecule has 1 aromatic carbocycles. The third-order valence-electron chi connectivity index (χ3n) is 2.49. The van der Waals surface area contributed by atoms with E-state index in [0.717, 1.165) is 5.39 Å². The molecule has 0 aliphatic rings. The summed E-state index contributed by atoms with van der Waals surface area (Å²) in [4.78, 5) is 17.1. The number of halogens is 1. The van der Waals surface area contributed by atoms with Crippen LogP contribution in [0.5, 0.6) is 0 Å². The molecule has 3 nitrogen and oxygen atoms in total. The Morgan fingerprint density at radius 3 is 2.87 bits per heavy atom. The van der Waals surface area contributed by atoms with Gasteiger partial charge in [0.1, 0.15) is 11.3 Å². The Morgan fingerprint density at radius 1 is 1.13 bits per heavy atom. The Hall–Kier alpha value is -2.10. The molecule has 74 valence electrons. The van der Waals surface area contributed by atoms with Gasteiger partial charge >= 0.3 is 0 Å². The lowest BCUT2D eigenvalue weighted by molar-refractivity contribution is 0.629. The SMILES string of the molecule is O=c1[nH]c2ccc(F)cc2c2cc[nH]c12. The van der Waals surface area contributed by atoms with Crippen molar-refractivity contribution in [3.63, 3.8) is 0 Å². The first-order chi connectivity index (χ1) is 7.25. The fraction of sp³-hybridized carbons (Fsp3) is 0. The highest BCUT2D eigenvalue weighted by molar-refractivity contribution is 6.04. The maximum absolute atomic E-state index is 13.1. The monoisotopic (exact) mass is 202 g/mol. The average molecular weight is 202 g/mol. The van der Waals surface area contributed by atoms with E-state index in [-0.39, 0.29) is 11.4 Å². The van der Waals surface area contributed by atoms with E-state index in [4.69, 9.17) is 0 Å². The lowest BCUT2D eigenvalue weighted by Crippen LogP contribution is -2.05. The molecule has 0 saturated heterocycles. The minimum absolute atomic E-state index is 0.186. The summed E-state index contributed by atoms with van der Waals surface area (Å²) in [7, 11) is 0. The van der Waals surface area contributed by atoms with E-state index >= 15 is 0 Å². The molecule has 0 aliphatic carbocycles. The topological polar surface area (TPSA) is 48.6 Å². The molecule has 2 heterocycles. The standard InChI is InChI=1S/C11H7FN2O/c12-6-1-2-9-8(5-6)7-3-4-13-10(7)11(15)14-9/h1-5,13H,(H,14,15). The fourth-order valence-corrected chi connectivity index (χ4v) is 1.81. The molecule has 4 heteroatoms. The molecule has 2 N–H and O–H groups in total. The highest BCUT2D eigenvalue weighted by Gasteiger charge is 2.05. The van der Waals surface area contributed by atoms with Crippen LogP contribution in [0.25, 0.3) is 21.8 Å². The molecular weight excluding hydrogens is 195 g/mol. The summed E-state index contributed by atoms with van der Waals surface area (Å²) < 4.78 is 13.1. The summed E-state index contributed by atoms with van der Waals surface area (Å²) in [5.41, 5.74) is 0.940. The van der Waals surface area contributed by atoms with E-state index in [1.165, 1.54) is 12.1 Å². The molecule has 0 radical (unpaired) electrons. The van der Waals surface area contributed by atoms with Gasteiger partial charge in [0.25, 0.3) is 5.56 Å². The van der Waals surface area contributed by atoms with Crippen LogP contribution < -0.4 is 5.56 Å². The average Bonchev–Trinajstić information content (AvgIpc) is 2.69. The zero-order valence-corrected chi connectivity index (χ0v) is 7.67. The maximum Gasteiger partial charge on any atom is 0.272 e. The predicted octanol–water partition coefficient (Wildman–Crippen LogP) is 2.15. The van der Waals surface area contributed by atoms with Crippen LogP contribution in [-0.2, 0) is 0 Å². The van der Waals surface area contributed by atoms with E-state index in [1.54, 1.807) is 18.3 Å². The summed E-state index contributed by atoms with van der Waals surface area (Å²) in [5, 5.41) is 1.46.